The molecule has 2 heterocycles. The highest BCUT2D eigenvalue weighted by molar-refractivity contribution is 9.10. The van der Waals surface area contributed by atoms with E-state index in [1.807, 2.05) is 24.3 Å². The number of nitrogens with zero attached hydrogens (tertiary/aromatic N) is 3. The number of carbonyl (C=O) groups excluding carboxylic acids is 1. The Morgan fingerprint density at radius 1 is 1.16 bits per heavy atom. The number of benzene rings is 1. The number of hydrogen-bond donors (Lipinski definition) is 1. The van der Waals surface area contributed by atoms with Gasteiger partial charge < -0.3 is 5.32 Å². The molecule has 25 heavy (non-hydrogen) atoms. The molecule has 0 saturated heterocycles. The highest BCUT2D eigenvalue weighted by atomic mass is 79.9. The Kier molecular flexibility index (Phi) is 4.54. The van der Waals surface area contributed by atoms with Crippen molar-refractivity contribution in [3.8, 4) is 0 Å². The highest BCUT2D eigenvalue weighted by Crippen LogP contribution is 2.14. The van der Waals surface area contributed by atoms with Crippen molar-refractivity contribution in [2.24, 2.45) is 14.1 Å². The maximum Gasteiger partial charge on any atom is 0.332 e. The SMILES string of the molecule is Cn1c(=O)c2cc(NC(=O)Cc3ccc(Br)cc3)cnc2n(C)c1=O. The van der Waals surface area contributed by atoms with E-state index in [1.165, 1.54) is 23.9 Å². The second kappa shape index (κ2) is 6.64. The van der Waals surface area contributed by atoms with Gasteiger partial charge in [0, 0.05) is 18.6 Å². The quantitative estimate of drug-likeness (QED) is 0.720. The lowest BCUT2D eigenvalue weighted by molar-refractivity contribution is -0.115. The molecule has 0 radical (unpaired) electrons. The Labute approximate surface area is 151 Å². The highest BCUT2D eigenvalue weighted by Gasteiger charge is 2.11. The summed E-state index contributed by atoms with van der Waals surface area (Å²) in [6, 6.07) is 8.97. The molecule has 7 nitrogen and oxygen atoms in total. The molecule has 0 saturated carbocycles. The first-order valence-corrected chi connectivity index (χ1v) is 8.26. The Balaban J connectivity index is 1.89. The monoisotopic (exact) mass is 402 g/mol. The van der Waals surface area contributed by atoms with E-state index in [-0.39, 0.29) is 23.4 Å². The molecule has 0 unspecified atom stereocenters. The van der Waals surface area contributed by atoms with Crippen molar-refractivity contribution in [2.45, 2.75) is 6.42 Å². The molecule has 1 N–H and O–H groups in total. The van der Waals surface area contributed by atoms with E-state index in [4.69, 9.17) is 0 Å². The number of aryl methyl sites for hydroxylation is 1. The van der Waals surface area contributed by atoms with Gasteiger partial charge in [-0.05, 0) is 23.8 Å². The van der Waals surface area contributed by atoms with Gasteiger partial charge in [-0.15, -0.1) is 0 Å². The maximum absolute atomic E-state index is 12.3. The van der Waals surface area contributed by atoms with Crippen molar-refractivity contribution in [1.29, 1.82) is 0 Å². The minimum Gasteiger partial charge on any atom is -0.324 e. The Morgan fingerprint density at radius 2 is 1.84 bits per heavy atom. The van der Waals surface area contributed by atoms with Crippen LogP contribution in [0.25, 0.3) is 11.0 Å². The van der Waals surface area contributed by atoms with Crippen LogP contribution in [-0.2, 0) is 25.3 Å². The third-order valence-corrected chi connectivity index (χ3v) is 4.38. The van der Waals surface area contributed by atoms with Gasteiger partial charge in [0.25, 0.3) is 5.56 Å². The standard InChI is InChI=1S/C17H15BrN4O3/c1-21-15-13(16(24)22(2)17(21)25)8-12(9-19-15)20-14(23)7-10-3-5-11(18)6-4-10/h3-6,8-9H,7H2,1-2H3,(H,20,23). The van der Waals surface area contributed by atoms with Gasteiger partial charge in [0.1, 0.15) is 5.65 Å². The molecule has 3 aromatic rings. The van der Waals surface area contributed by atoms with Crippen molar-refractivity contribution in [1.82, 2.24) is 14.1 Å². The van der Waals surface area contributed by atoms with Crippen LogP contribution in [0.3, 0.4) is 0 Å². The van der Waals surface area contributed by atoms with Crippen LogP contribution in [0.4, 0.5) is 5.69 Å². The van der Waals surface area contributed by atoms with E-state index in [0.717, 1.165) is 14.6 Å². The number of rotatable bonds is 3. The first kappa shape index (κ1) is 17.1. The lowest BCUT2D eigenvalue weighted by Crippen LogP contribution is -2.37. The first-order valence-electron chi connectivity index (χ1n) is 7.47. The number of fused-ring (bicyclic) bond motifs is 1. The maximum atomic E-state index is 12.3. The van der Waals surface area contributed by atoms with E-state index in [2.05, 4.69) is 26.2 Å². The molecule has 0 atom stereocenters. The van der Waals surface area contributed by atoms with Gasteiger partial charge in [-0.25, -0.2) is 9.78 Å². The lowest BCUT2D eigenvalue weighted by atomic mass is 10.1. The molecule has 0 aliphatic rings. The van der Waals surface area contributed by atoms with Crippen LogP contribution in [0.5, 0.6) is 0 Å². The number of hydrogen-bond acceptors (Lipinski definition) is 4. The summed E-state index contributed by atoms with van der Waals surface area (Å²) in [7, 11) is 2.95. The first-order chi connectivity index (χ1) is 11.9. The van der Waals surface area contributed by atoms with Crippen molar-refractivity contribution in [3.63, 3.8) is 0 Å². The van der Waals surface area contributed by atoms with Crippen LogP contribution in [0, 0.1) is 0 Å². The number of amides is 1. The predicted molar refractivity (Wildman–Crippen MR) is 98.7 cm³/mol. The summed E-state index contributed by atoms with van der Waals surface area (Å²) >= 11 is 3.35. The second-order valence-corrected chi connectivity index (χ2v) is 6.57. The molecule has 0 aliphatic carbocycles. The Morgan fingerprint density at radius 3 is 2.52 bits per heavy atom. The minimum absolute atomic E-state index is 0.205. The van der Waals surface area contributed by atoms with Gasteiger partial charge in [-0.3, -0.25) is 18.7 Å². The molecule has 8 heteroatoms. The molecule has 1 aromatic carbocycles. The topological polar surface area (TPSA) is 86.0 Å². The molecule has 2 aromatic heterocycles. The summed E-state index contributed by atoms with van der Waals surface area (Å²) in [5.41, 5.74) is 0.656. The largest absolute Gasteiger partial charge is 0.332 e. The summed E-state index contributed by atoms with van der Waals surface area (Å²) < 4.78 is 3.25. The summed E-state index contributed by atoms with van der Waals surface area (Å²) in [6.07, 6.45) is 1.64. The van der Waals surface area contributed by atoms with Gasteiger partial charge in [0.05, 0.1) is 23.7 Å². The van der Waals surface area contributed by atoms with Crippen LogP contribution in [0.15, 0.2) is 50.6 Å². The minimum atomic E-state index is -0.449. The lowest BCUT2D eigenvalue weighted by Gasteiger charge is -2.09. The van der Waals surface area contributed by atoms with Crippen molar-refractivity contribution in [2.75, 3.05) is 5.32 Å². The number of anilines is 1. The molecule has 128 valence electrons. The third-order valence-electron chi connectivity index (χ3n) is 3.85. The Bertz CT molecular complexity index is 1080. The molecule has 1 amide bonds. The van der Waals surface area contributed by atoms with Gasteiger partial charge >= 0.3 is 5.69 Å². The third kappa shape index (κ3) is 3.39. The normalized spacial score (nSPS) is 10.8. The van der Waals surface area contributed by atoms with E-state index in [1.54, 1.807) is 7.05 Å². The van der Waals surface area contributed by atoms with E-state index < -0.39 is 11.2 Å². The summed E-state index contributed by atoms with van der Waals surface area (Å²) in [5, 5.41) is 3.00. The van der Waals surface area contributed by atoms with Gasteiger partial charge in [0.15, 0.2) is 0 Å². The zero-order chi connectivity index (χ0) is 18.1. The van der Waals surface area contributed by atoms with Crippen LogP contribution in [-0.4, -0.2) is 20.0 Å². The fourth-order valence-corrected chi connectivity index (χ4v) is 2.79. The molecular weight excluding hydrogens is 388 g/mol. The summed E-state index contributed by atoms with van der Waals surface area (Å²) in [6.45, 7) is 0. The van der Waals surface area contributed by atoms with E-state index >= 15 is 0 Å². The Hall–Kier alpha value is -2.74. The van der Waals surface area contributed by atoms with Gasteiger partial charge in [0.2, 0.25) is 5.91 Å². The number of halogens is 1. The zero-order valence-electron chi connectivity index (χ0n) is 13.6. The average molecular weight is 403 g/mol. The van der Waals surface area contributed by atoms with Gasteiger partial charge in [-0.2, -0.15) is 0 Å². The molecule has 0 spiro atoms. The molecule has 3 rings (SSSR count). The number of pyridine rings is 1. The summed E-state index contributed by atoms with van der Waals surface area (Å²) in [5.74, 6) is -0.217. The zero-order valence-corrected chi connectivity index (χ0v) is 15.2. The number of carbonyl (C=O) groups is 1. The van der Waals surface area contributed by atoms with Crippen LogP contribution in [0.2, 0.25) is 0 Å². The van der Waals surface area contributed by atoms with Crippen molar-refractivity contribution >= 4 is 38.6 Å². The molecule has 0 aliphatic heterocycles. The number of nitrogens with one attached hydrogen (secondary N) is 1. The summed E-state index contributed by atoms with van der Waals surface area (Å²) in [4.78, 5) is 40.5. The fraction of sp³-hybridized carbons (Fsp3) is 0.176. The van der Waals surface area contributed by atoms with Crippen LogP contribution >= 0.6 is 15.9 Å². The van der Waals surface area contributed by atoms with Gasteiger partial charge in [-0.1, -0.05) is 28.1 Å². The van der Waals surface area contributed by atoms with Crippen molar-refractivity contribution in [3.05, 3.63) is 67.4 Å². The fourth-order valence-electron chi connectivity index (χ4n) is 2.53. The van der Waals surface area contributed by atoms with E-state index in [9.17, 15) is 14.4 Å². The van der Waals surface area contributed by atoms with Crippen LogP contribution in [0.1, 0.15) is 5.56 Å². The molecular formula is C17H15BrN4O3. The number of aromatic nitrogens is 3. The molecule has 0 bridgehead atoms. The smallest absolute Gasteiger partial charge is 0.324 e. The van der Waals surface area contributed by atoms with Crippen LogP contribution < -0.4 is 16.6 Å². The average Bonchev–Trinajstić information content (AvgIpc) is 2.60. The van der Waals surface area contributed by atoms with E-state index in [0.29, 0.717) is 5.69 Å². The molecule has 0 fully saturated rings. The second-order valence-electron chi connectivity index (χ2n) is 5.65. The predicted octanol–water partition coefficient (Wildman–Crippen LogP) is 1.58. The van der Waals surface area contributed by atoms with Crippen molar-refractivity contribution < 1.29 is 4.79 Å².